The van der Waals surface area contributed by atoms with E-state index in [4.69, 9.17) is 0 Å². The molecule has 24 heavy (non-hydrogen) atoms. The van der Waals surface area contributed by atoms with Gasteiger partial charge in [0.15, 0.2) is 0 Å². The van der Waals surface area contributed by atoms with Gasteiger partial charge in [-0.25, -0.2) is 4.98 Å². The lowest BCUT2D eigenvalue weighted by molar-refractivity contribution is -0.384. The first kappa shape index (κ1) is 16.6. The fourth-order valence-electron chi connectivity index (χ4n) is 3.35. The van der Waals surface area contributed by atoms with Crippen LogP contribution in [0.4, 0.5) is 11.4 Å². The van der Waals surface area contributed by atoms with Crippen molar-refractivity contribution in [2.45, 2.75) is 45.7 Å². The van der Waals surface area contributed by atoms with Crippen LogP contribution in [-0.2, 0) is 0 Å². The fraction of sp³-hybridized carbons (Fsp3) is 0.500. The molecule has 1 aromatic carbocycles. The van der Waals surface area contributed by atoms with Gasteiger partial charge in [-0.15, -0.1) is 0 Å². The molecular formula is C18H24N4O2. The summed E-state index contributed by atoms with van der Waals surface area (Å²) in [5.74, 6) is 0. The zero-order valence-corrected chi connectivity index (χ0v) is 14.5. The number of anilines is 1. The van der Waals surface area contributed by atoms with Gasteiger partial charge >= 0.3 is 5.69 Å². The molecule has 1 fully saturated rings. The van der Waals surface area contributed by atoms with Crippen molar-refractivity contribution in [3.05, 3.63) is 40.1 Å². The zero-order valence-electron chi connectivity index (χ0n) is 14.5. The van der Waals surface area contributed by atoms with Crippen LogP contribution in [0, 0.1) is 17.0 Å². The quantitative estimate of drug-likeness (QED) is 0.684. The fourth-order valence-corrected chi connectivity index (χ4v) is 3.35. The SMILES string of the molecule is Cc1ccc2ncc([N+](=O)[O-])c(NC3CCN(C(C)C)CC3)c2c1. The number of rotatable bonds is 4. The van der Waals surface area contributed by atoms with Crippen molar-refractivity contribution >= 4 is 22.3 Å². The molecule has 6 nitrogen and oxygen atoms in total. The first-order valence-electron chi connectivity index (χ1n) is 8.50. The van der Waals surface area contributed by atoms with Gasteiger partial charge < -0.3 is 10.2 Å². The van der Waals surface area contributed by atoms with Gasteiger partial charge in [-0.2, -0.15) is 0 Å². The Morgan fingerprint density at radius 3 is 2.67 bits per heavy atom. The number of aromatic nitrogens is 1. The van der Waals surface area contributed by atoms with E-state index >= 15 is 0 Å². The molecule has 2 aromatic rings. The number of hydrogen-bond acceptors (Lipinski definition) is 5. The molecule has 1 saturated heterocycles. The van der Waals surface area contributed by atoms with E-state index in [0.29, 0.717) is 11.7 Å². The molecule has 0 atom stereocenters. The van der Waals surface area contributed by atoms with Gasteiger partial charge in [0.2, 0.25) is 0 Å². The first-order valence-corrected chi connectivity index (χ1v) is 8.50. The highest BCUT2D eigenvalue weighted by Crippen LogP contribution is 2.33. The summed E-state index contributed by atoms with van der Waals surface area (Å²) < 4.78 is 0. The molecule has 0 saturated carbocycles. The number of nitrogens with zero attached hydrogens (tertiary/aromatic N) is 3. The molecule has 0 bridgehead atoms. The molecule has 1 N–H and O–H groups in total. The molecule has 128 valence electrons. The second kappa shape index (κ2) is 6.73. The van der Waals surface area contributed by atoms with Gasteiger partial charge in [0.25, 0.3) is 0 Å². The second-order valence-electron chi connectivity index (χ2n) is 6.84. The molecule has 1 aliphatic heterocycles. The van der Waals surface area contributed by atoms with Crippen LogP contribution in [0.25, 0.3) is 10.9 Å². The summed E-state index contributed by atoms with van der Waals surface area (Å²) in [6, 6.07) is 6.67. The molecular weight excluding hydrogens is 304 g/mol. The van der Waals surface area contributed by atoms with Crippen LogP contribution in [0.3, 0.4) is 0 Å². The summed E-state index contributed by atoms with van der Waals surface area (Å²) in [5, 5.41) is 15.7. The molecule has 0 radical (unpaired) electrons. The number of likely N-dealkylation sites (tertiary alicyclic amines) is 1. The smallest absolute Gasteiger partial charge is 0.311 e. The van der Waals surface area contributed by atoms with Crippen molar-refractivity contribution in [3.8, 4) is 0 Å². The normalized spacial score (nSPS) is 16.7. The zero-order chi connectivity index (χ0) is 17.3. The number of nitrogens with one attached hydrogen (secondary N) is 1. The Morgan fingerprint density at radius 1 is 1.33 bits per heavy atom. The molecule has 2 heterocycles. The van der Waals surface area contributed by atoms with Crippen molar-refractivity contribution in [1.29, 1.82) is 0 Å². The summed E-state index contributed by atoms with van der Waals surface area (Å²) in [4.78, 5) is 17.8. The monoisotopic (exact) mass is 328 g/mol. The summed E-state index contributed by atoms with van der Waals surface area (Å²) in [6.07, 6.45) is 3.35. The van der Waals surface area contributed by atoms with E-state index in [0.717, 1.165) is 42.4 Å². The number of hydrogen-bond donors (Lipinski definition) is 1. The van der Waals surface area contributed by atoms with Crippen molar-refractivity contribution in [3.63, 3.8) is 0 Å². The second-order valence-corrected chi connectivity index (χ2v) is 6.84. The predicted octanol–water partition coefficient (Wildman–Crippen LogP) is 3.74. The number of benzene rings is 1. The van der Waals surface area contributed by atoms with E-state index in [1.165, 1.54) is 6.20 Å². The Kier molecular flexibility index (Phi) is 4.66. The van der Waals surface area contributed by atoms with Crippen LogP contribution in [0.5, 0.6) is 0 Å². The topological polar surface area (TPSA) is 71.3 Å². The highest BCUT2D eigenvalue weighted by Gasteiger charge is 2.25. The molecule has 3 rings (SSSR count). The lowest BCUT2D eigenvalue weighted by atomic mass is 10.0. The van der Waals surface area contributed by atoms with Gasteiger partial charge in [0.1, 0.15) is 11.9 Å². The number of piperidine rings is 1. The number of fused-ring (bicyclic) bond motifs is 1. The van der Waals surface area contributed by atoms with E-state index in [-0.39, 0.29) is 16.7 Å². The van der Waals surface area contributed by atoms with Crippen molar-refractivity contribution in [2.24, 2.45) is 0 Å². The van der Waals surface area contributed by atoms with Crippen LogP contribution >= 0.6 is 0 Å². The summed E-state index contributed by atoms with van der Waals surface area (Å²) in [5.41, 5.74) is 2.52. The molecule has 0 aliphatic carbocycles. The molecule has 0 amide bonds. The number of nitro groups is 1. The van der Waals surface area contributed by atoms with Crippen LogP contribution in [0.15, 0.2) is 24.4 Å². The molecule has 1 aromatic heterocycles. The summed E-state index contributed by atoms with van der Waals surface area (Å²) >= 11 is 0. The average molecular weight is 328 g/mol. The van der Waals surface area contributed by atoms with Crippen LogP contribution < -0.4 is 5.32 Å². The Labute approximate surface area is 142 Å². The minimum Gasteiger partial charge on any atom is -0.376 e. The number of pyridine rings is 1. The summed E-state index contributed by atoms with van der Waals surface area (Å²) in [6.45, 7) is 8.44. The minimum atomic E-state index is -0.347. The maximum atomic E-state index is 11.5. The molecule has 0 unspecified atom stereocenters. The lowest BCUT2D eigenvalue weighted by Crippen LogP contribution is -2.42. The lowest BCUT2D eigenvalue weighted by Gasteiger charge is -2.35. The third-order valence-corrected chi connectivity index (χ3v) is 4.81. The Hall–Kier alpha value is -2.21. The maximum Gasteiger partial charge on any atom is 0.311 e. The van der Waals surface area contributed by atoms with Crippen molar-refractivity contribution in [1.82, 2.24) is 9.88 Å². The van der Waals surface area contributed by atoms with Crippen LogP contribution in [0.2, 0.25) is 0 Å². The van der Waals surface area contributed by atoms with Gasteiger partial charge in [-0.3, -0.25) is 10.1 Å². The summed E-state index contributed by atoms with van der Waals surface area (Å²) in [7, 11) is 0. The highest BCUT2D eigenvalue weighted by atomic mass is 16.6. The predicted molar refractivity (Wildman–Crippen MR) is 96.5 cm³/mol. The average Bonchev–Trinajstić information content (AvgIpc) is 2.55. The van der Waals surface area contributed by atoms with E-state index in [1.54, 1.807) is 0 Å². The number of aryl methyl sites for hydroxylation is 1. The molecule has 6 heteroatoms. The Balaban J connectivity index is 1.91. The van der Waals surface area contributed by atoms with Gasteiger partial charge in [0.05, 0.1) is 10.4 Å². The third-order valence-electron chi connectivity index (χ3n) is 4.81. The van der Waals surface area contributed by atoms with Gasteiger partial charge in [0, 0.05) is 30.6 Å². The van der Waals surface area contributed by atoms with E-state index in [1.807, 2.05) is 25.1 Å². The minimum absolute atomic E-state index is 0.0550. The molecule has 1 aliphatic rings. The Morgan fingerprint density at radius 2 is 2.04 bits per heavy atom. The third kappa shape index (κ3) is 3.33. The van der Waals surface area contributed by atoms with E-state index in [9.17, 15) is 10.1 Å². The van der Waals surface area contributed by atoms with Crippen molar-refractivity contribution in [2.75, 3.05) is 18.4 Å². The Bertz CT molecular complexity index is 752. The largest absolute Gasteiger partial charge is 0.376 e. The van der Waals surface area contributed by atoms with E-state index < -0.39 is 0 Å². The maximum absolute atomic E-state index is 11.5. The first-order chi connectivity index (χ1) is 11.5. The van der Waals surface area contributed by atoms with Gasteiger partial charge in [-0.05, 0) is 45.7 Å². The van der Waals surface area contributed by atoms with E-state index in [2.05, 4.69) is 29.0 Å². The van der Waals surface area contributed by atoms with Crippen LogP contribution in [0.1, 0.15) is 32.3 Å². The van der Waals surface area contributed by atoms with Crippen LogP contribution in [-0.4, -0.2) is 40.0 Å². The van der Waals surface area contributed by atoms with Crippen molar-refractivity contribution < 1.29 is 4.92 Å². The highest BCUT2D eigenvalue weighted by molar-refractivity contribution is 5.96. The standard InChI is InChI=1S/C18H24N4O2/c1-12(2)21-8-6-14(7-9-21)20-18-15-10-13(3)4-5-16(15)19-11-17(18)22(23)24/h4-5,10-12,14H,6-9H2,1-3H3,(H,19,20). The molecule has 0 spiro atoms. The van der Waals surface area contributed by atoms with Gasteiger partial charge in [-0.1, -0.05) is 11.6 Å².